The van der Waals surface area contributed by atoms with Gasteiger partial charge in [0.15, 0.2) is 5.65 Å². The van der Waals surface area contributed by atoms with Gasteiger partial charge in [0, 0.05) is 11.8 Å². The second-order valence-corrected chi connectivity index (χ2v) is 4.80. The van der Waals surface area contributed by atoms with Crippen molar-refractivity contribution >= 4 is 17.4 Å². The molecule has 0 spiro atoms. The molecule has 0 saturated carbocycles. The maximum atomic E-state index is 11.9. The predicted octanol–water partition coefficient (Wildman–Crippen LogP) is 2.16. The van der Waals surface area contributed by atoms with E-state index in [0.717, 1.165) is 16.9 Å². The van der Waals surface area contributed by atoms with E-state index < -0.39 is 5.97 Å². The van der Waals surface area contributed by atoms with Crippen molar-refractivity contribution in [2.75, 3.05) is 19.5 Å². The number of benzene rings is 1. The minimum Gasteiger partial charge on any atom is -0.497 e. The van der Waals surface area contributed by atoms with Crippen LogP contribution in [0.1, 0.15) is 17.3 Å². The molecule has 7 heteroatoms. The highest BCUT2D eigenvalue weighted by Crippen LogP contribution is 2.27. The number of hydrogen-bond acceptors (Lipinski definition) is 6. The molecule has 0 aliphatic heterocycles. The summed E-state index contributed by atoms with van der Waals surface area (Å²) in [6.07, 6.45) is 3.08. The molecule has 23 heavy (non-hydrogen) atoms. The van der Waals surface area contributed by atoms with E-state index in [0.29, 0.717) is 5.65 Å². The number of fused-ring (bicyclic) bond motifs is 1. The normalized spacial score (nSPS) is 10.7. The largest absolute Gasteiger partial charge is 0.497 e. The average molecular weight is 312 g/mol. The monoisotopic (exact) mass is 312 g/mol. The number of carbonyl (C=O) groups is 1. The summed E-state index contributed by atoms with van der Waals surface area (Å²) in [5.74, 6) is 0.455. The molecule has 0 amide bonds. The highest BCUT2D eigenvalue weighted by molar-refractivity contribution is 5.94. The summed E-state index contributed by atoms with van der Waals surface area (Å²) < 4.78 is 11.5. The molecule has 3 aromatic rings. The van der Waals surface area contributed by atoms with Crippen LogP contribution in [-0.4, -0.2) is 34.3 Å². The lowest BCUT2D eigenvalue weighted by Crippen LogP contribution is -2.12. The molecule has 0 fully saturated rings. The van der Waals surface area contributed by atoms with E-state index in [9.17, 15) is 4.79 Å². The summed E-state index contributed by atoms with van der Waals surface area (Å²) in [5, 5.41) is 4.23. The third-order valence-electron chi connectivity index (χ3n) is 3.46. The molecule has 0 aliphatic carbocycles. The number of aromatic nitrogens is 3. The van der Waals surface area contributed by atoms with Crippen LogP contribution < -0.4 is 10.5 Å². The lowest BCUT2D eigenvalue weighted by Gasteiger charge is -2.07. The van der Waals surface area contributed by atoms with Crippen LogP contribution in [0.2, 0.25) is 0 Å². The maximum absolute atomic E-state index is 11.9. The van der Waals surface area contributed by atoms with E-state index in [1.54, 1.807) is 20.2 Å². The Kier molecular flexibility index (Phi) is 3.84. The predicted molar refractivity (Wildman–Crippen MR) is 85.3 cm³/mol. The molecule has 0 atom stereocenters. The van der Waals surface area contributed by atoms with Crippen molar-refractivity contribution in [2.45, 2.75) is 6.92 Å². The van der Waals surface area contributed by atoms with Gasteiger partial charge in [-0.1, -0.05) is 12.1 Å². The lowest BCUT2D eigenvalue weighted by molar-refractivity contribution is 0.0526. The summed E-state index contributed by atoms with van der Waals surface area (Å²) in [4.78, 5) is 16.2. The maximum Gasteiger partial charge on any atom is 0.343 e. The van der Waals surface area contributed by atoms with E-state index in [2.05, 4.69) is 10.1 Å². The van der Waals surface area contributed by atoms with Gasteiger partial charge >= 0.3 is 5.97 Å². The summed E-state index contributed by atoms with van der Waals surface area (Å²) >= 11 is 0. The topological polar surface area (TPSA) is 91.7 Å². The first kappa shape index (κ1) is 14.8. The fourth-order valence-corrected chi connectivity index (χ4v) is 2.29. The van der Waals surface area contributed by atoms with Crippen LogP contribution in [0, 0.1) is 0 Å². The van der Waals surface area contributed by atoms with E-state index >= 15 is 0 Å². The Labute approximate surface area is 132 Å². The summed E-state index contributed by atoms with van der Waals surface area (Å²) in [7, 11) is 1.61. The Morgan fingerprint density at radius 1 is 1.26 bits per heavy atom. The Morgan fingerprint density at radius 3 is 2.65 bits per heavy atom. The van der Waals surface area contributed by atoms with Crippen LogP contribution in [0.15, 0.2) is 36.7 Å². The molecule has 0 radical (unpaired) electrons. The molecule has 2 heterocycles. The lowest BCUT2D eigenvalue weighted by atomic mass is 10.1. The number of carbonyl (C=O) groups excluding carboxylic acids is 1. The summed E-state index contributed by atoms with van der Waals surface area (Å²) in [6.45, 7) is 2.00. The highest BCUT2D eigenvalue weighted by Gasteiger charge is 2.17. The average Bonchev–Trinajstić information content (AvgIpc) is 3.00. The van der Waals surface area contributed by atoms with Gasteiger partial charge in [-0.25, -0.2) is 9.78 Å². The van der Waals surface area contributed by atoms with Crippen LogP contribution in [0.5, 0.6) is 5.75 Å². The number of esters is 1. The SMILES string of the molecule is CCOC(=O)c1cnc2c(-c3ccc(OC)cc3)cnn2c1N. The van der Waals surface area contributed by atoms with Crippen molar-refractivity contribution in [2.24, 2.45) is 0 Å². The Morgan fingerprint density at radius 2 is 2.00 bits per heavy atom. The molecular formula is C16H16N4O3. The molecule has 118 valence electrons. The highest BCUT2D eigenvalue weighted by atomic mass is 16.5. The first-order chi connectivity index (χ1) is 11.2. The zero-order valence-corrected chi connectivity index (χ0v) is 12.8. The molecular weight excluding hydrogens is 296 g/mol. The molecule has 0 saturated heterocycles. The van der Waals surface area contributed by atoms with Crippen molar-refractivity contribution in [3.8, 4) is 16.9 Å². The standard InChI is InChI=1S/C16H16N4O3/c1-3-23-16(21)13-8-18-15-12(9-19-20(15)14(13)17)10-4-6-11(22-2)7-5-10/h4-9H,3,17H2,1-2H3. The van der Waals surface area contributed by atoms with E-state index in [1.807, 2.05) is 24.3 Å². The Hall–Kier alpha value is -3.09. The fourth-order valence-electron chi connectivity index (χ4n) is 2.29. The van der Waals surface area contributed by atoms with E-state index in [4.69, 9.17) is 15.2 Å². The molecule has 1 aromatic carbocycles. The number of anilines is 1. The summed E-state index contributed by atoms with van der Waals surface area (Å²) in [6, 6.07) is 7.53. The molecule has 7 nitrogen and oxygen atoms in total. The van der Waals surface area contributed by atoms with Crippen molar-refractivity contribution in [3.05, 3.63) is 42.2 Å². The zero-order valence-electron chi connectivity index (χ0n) is 12.8. The second kappa shape index (κ2) is 5.96. The molecule has 0 aliphatic rings. The van der Waals surface area contributed by atoms with Crippen molar-refractivity contribution < 1.29 is 14.3 Å². The van der Waals surface area contributed by atoms with E-state index in [-0.39, 0.29) is 18.0 Å². The van der Waals surface area contributed by atoms with Gasteiger partial charge in [-0.15, -0.1) is 0 Å². The minimum absolute atomic E-state index is 0.198. The second-order valence-electron chi connectivity index (χ2n) is 4.80. The number of nitrogens with zero attached hydrogens (tertiary/aromatic N) is 3. The summed E-state index contributed by atoms with van der Waals surface area (Å²) in [5.41, 5.74) is 8.54. The Balaban J connectivity index is 2.07. The van der Waals surface area contributed by atoms with Crippen LogP contribution in [0.4, 0.5) is 5.82 Å². The molecule has 0 bridgehead atoms. The van der Waals surface area contributed by atoms with Gasteiger partial charge < -0.3 is 15.2 Å². The molecule has 0 unspecified atom stereocenters. The van der Waals surface area contributed by atoms with Gasteiger partial charge in [-0.05, 0) is 24.6 Å². The quantitative estimate of drug-likeness (QED) is 0.742. The number of hydrogen-bond donors (Lipinski definition) is 1. The number of nitrogens with two attached hydrogens (primary N) is 1. The van der Waals surface area contributed by atoms with Gasteiger partial charge in [0.2, 0.25) is 0 Å². The van der Waals surface area contributed by atoms with Gasteiger partial charge in [0.25, 0.3) is 0 Å². The minimum atomic E-state index is -0.513. The van der Waals surface area contributed by atoms with Crippen LogP contribution >= 0.6 is 0 Å². The number of ether oxygens (including phenoxy) is 2. The molecule has 2 N–H and O–H groups in total. The van der Waals surface area contributed by atoms with Gasteiger partial charge in [-0.2, -0.15) is 9.61 Å². The smallest absolute Gasteiger partial charge is 0.343 e. The van der Waals surface area contributed by atoms with Crippen molar-refractivity contribution in [1.29, 1.82) is 0 Å². The zero-order chi connectivity index (χ0) is 16.4. The first-order valence-electron chi connectivity index (χ1n) is 7.09. The molecule has 2 aromatic heterocycles. The van der Waals surface area contributed by atoms with Gasteiger partial charge in [0.05, 0.1) is 19.9 Å². The number of nitrogen functional groups attached to an aromatic ring is 1. The first-order valence-corrected chi connectivity index (χ1v) is 7.09. The van der Waals surface area contributed by atoms with Crippen LogP contribution in [-0.2, 0) is 4.74 Å². The van der Waals surface area contributed by atoms with Gasteiger partial charge in [0.1, 0.15) is 17.1 Å². The van der Waals surface area contributed by atoms with Crippen molar-refractivity contribution in [3.63, 3.8) is 0 Å². The number of rotatable bonds is 4. The van der Waals surface area contributed by atoms with Crippen LogP contribution in [0.3, 0.4) is 0 Å². The van der Waals surface area contributed by atoms with Gasteiger partial charge in [-0.3, -0.25) is 0 Å². The third-order valence-corrected chi connectivity index (χ3v) is 3.46. The fraction of sp³-hybridized carbons (Fsp3) is 0.188. The molecule has 3 rings (SSSR count). The Bertz CT molecular complexity index is 856. The third kappa shape index (κ3) is 2.57. The van der Waals surface area contributed by atoms with Crippen LogP contribution in [0.25, 0.3) is 16.8 Å². The van der Waals surface area contributed by atoms with E-state index in [1.165, 1.54) is 10.7 Å². The number of methoxy groups -OCH3 is 1. The van der Waals surface area contributed by atoms with Crippen molar-refractivity contribution in [1.82, 2.24) is 14.6 Å².